The molecule has 3 aromatic rings. The molecule has 1 atom stereocenters. The molecular formula is C24H28ClN3O2. The van der Waals surface area contributed by atoms with Gasteiger partial charge in [-0.3, -0.25) is 9.69 Å². The van der Waals surface area contributed by atoms with E-state index in [9.17, 15) is 4.79 Å². The first-order valence-corrected chi connectivity index (χ1v) is 11.0. The number of halogens is 1. The maximum atomic E-state index is 12.5. The highest BCUT2D eigenvalue weighted by Gasteiger charge is 2.24. The molecule has 2 aromatic carbocycles. The molecule has 1 saturated heterocycles. The number of carbonyl (C=O) groups excluding carboxylic acids is 1. The Labute approximate surface area is 182 Å². The quantitative estimate of drug-likeness (QED) is 0.564. The standard InChI is InChI=1S/C24H28ClN3O2/c25-21-9-3-1-8-20(21)23(28-12-14-30-15-13-28)17-27-24(29)11-5-6-18-16-26-22-10-4-2-7-19(18)22/h1-4,7-10,16,23,26H,5-6,11-15,17H2,(H,27,29). The monoisotopic (exact) mass is 425 g/mol. The van der Waals surface area contributed by atoms with Gasteiger partial charge in [-0.2, -0.15) is 0 Å². The van der Waals surface area contributed by atoms with Crippen LogP contribution in [0.2, 0.25) is 5.02 Å². The van der Waals surface area contributed by atoms with Gasteiger partial charge in [0.2, 0.25) is 5.91 Å². The Kier molecular flexibility index (Phi) is 7.05. The van der Waals surface area contributed by atoms with E-state index in [1.54, 1.807) is 0 Å². The average Bonchev–Trinajstić information content (AvgIpc) is 3.19. The molecule has 1 aliphatic heterocycles. The molecule has 1 unspecified atom stereocenters. The number of fused-ring (bicyclic) bond motifs is 1. The van der Waals surface area contributed by atoms with Crippen LogP contribution in [0.25, 0.3) is 10.9 Å². The molecule has 0 radical (unpaired) electrons. The number of aromatic amines is 1. The van der Waals surface area contributed by atoms with Crippen LogP contribution in [0.5, 0.6) is 0 Å². The van der Waals surface area contributed by atoms with Gasteiger partial charge in [-0.25, -0.2) is 0 Å². The molecular weight excluding hydrogens is 398 g/mol. The van der Waals surface area contributed by atoms with E-state index in [0.717, 1.165) is 42.0 Å². The molecule has 1 amide bonds. The minimum Gasteiger partial charge on any atom is -0.379 e. The number of H-pyrrole nitrogens is 1. The first kappa shape index (κ1) is 20.9. The minimum atomic E-state index is 0.0557. The van der Waals surface area contributed by atoms with Gasteiger partial charge in [-0.1, -0.05) is 48.0 Å². The molecule has 2 N–H and O–H groups in total. The predicted molar refractivity (Wildman–Crippen MR) is 121 cm³/mol. The topological polar surface area (TPSA) is 57.4 Å². The van der Waals surface area contributed by atoms with Crippen molar-refractivity contribution in [1.82, 2.24) is 15.2 Å². The fourth-order valence-corrected chi connectivity index (χ4v) is 4.41. The number of benzene rings is 2. The number of carbonyl (C=O) groups is 1. The Morgan fingerprint density at radius 1 is 1.13 bits per heavy atom. The summed E-state index contributed by atoms with van der Waals surface area (Å²) in [4.78, 5) is 18.2. The van der Waals surface area contributed by atoms with E-state index in [-0.39, 0.29) is 11.9 Å². The van der Waals surface area contributed by atoms with Crippen LogP contribution in [-0.2, 0) is 16.0 Å². The highest BCUT2D eigenvalue weighted by atomic mass is 35.5. The van der Waals surface area contributed by atoms with Gasteiger partial charge < -0.3 is 15.0 Å². The summed E-state index contributed by atoms with van der Waals surface area (Å²) in [6.45, 7) is 3.65. The highest BCUT2D eigenvalue weighted by Crippen LogP contribution is 2.28. The molecule has 0 bridgehead atoms. The van der Waals surface area contributed by atoms with Crippen LogP contribution < -0.4 is 5.32 Å². The van der Waals surface area contributed by atoms with Gasteiger partial charge in [0, 0.05) is 48.2 Å². The van der Waals surface area contributed by atoms with Gasteiger partial charge >= 0.3 is 0 Å². The number of nitrogens with one attached hydrogen (secondary N) is 2. The smallest absolute Gasteiger partial charge is 0.220 e. The predicted octanol–water partition coefficient (Wildman–Crippen LogP) is 4.33. The van der Waals surface area contributed by atoms with E-state index in [4.69, 9.17) is 16.3 Å². The molecule has 6 heteroatoms. The maximum absolute atomic E-state index is 12.5. The Balaban J connectivity index is 1.32. The number of rotatable bonds is 8. The molecule has 2 heterocycles. The minimum absolute atomic E-state index is 0.0557. The fourth-order valence-electron chi connectivity index (χ4n) is 4.15. The number of nitrogens with zero attached hydrogens (tertiary/aromatic N) is 1. The third-order valence-corrected chi connectivity index (χ3v) is 6.11. The van der Waals surface area contributed by atoms with Gasteiger partial charge in [0.1, 0.15) is 0 Å². The Morgan fingerprint density at radius 3 is 2.73 bits per heavy atom. The molecule has 0 saturated carbocycles. The molecule has 30 heavy (non-hydrogen) atoms. The third-order valence-electron chi connectivity index (χ3n) is 5.77. The number of aryl methyl sites for hydroxylation is 1. The second-order valence-electron chi connectivity index (χ2n) is 7.70. The summed E-state index contributed by atoms with van der Waals surface area (Å²) < 4.78 is 5.50. The SMILES string of the molecule is O=C(CCCc1c[nH]c2ccccc12)NCC(c1ccccc1Cl)N1CCOCC1. The van der Waals surface area contributed by atoms with Gasteiger partial charge in [-0.15, -0.1) is 0 Å². The van der Waals surface area contributed by atoms with Gasteiger partial charge in [-0.05, 0) is 36.1 Å². The zero-order valence-electron chi connectivity index (χ0n) is 17.1. The van der Waals surface area contributed by atoms with E-state index in [0.29, 0.717) is 26.2 Å². The summed E-state index contributed by atoms with van der Waals surface area (Å²) in [5.41, 5.74) is 3.46. The number of aromatic nitrogens is 1. The number of para-hydroxylation sites is 1. The Bertz CT molecular complexity index is 981. The summed E-state index contributed by atoms with van der Waals surface area (Å²) in [6, 6.07) is 16.2. The fraction of sp³-hybridized carbons (Fsp3) is 0.375. The lowest BCUT2D eigenvalue weighted by Gasteiger charge is -2.35. The molecule has 0 spiro atoms. The van der Waals surface area contributed by atoms with Crippen LogP contribution in [0.1, 0.15) is 30.0 Å². The van der Waals surface area contributed by atoms with E-state index < -0.39 is 0 Å². The van der Waals surface area contributed by atoms with Crippen LogP contribution in [0, 0.1) is 0 Å². The summed E-state index contributed by atoms with van der Waals surface area (Å²) in [7, 11) is 0. The second kappa shape index (κ2) is 10.1. The summed E-state index contributed by atoms with van der Waals surface area (Å²) in [5, 5.41) is 5.11. The number of amides is 1. The number of ether oxygens (including phenoxy) is 1. The van der Waals surface area contributed by atoms with Crippen LogP contribution in [0.4, 0.5) is 0 Å². The summed E-state index contributed by atoms with van der Waals surface area (Å²) >= 11 is 6.47. The van der Waals surface area contributed by atoms with E-state index >= 15 is 0 Å². The van der Waals surface area contributed by atoms with E-state index in [1.807, 2.05) is 36.4 Å². The molecule has 1 aliphatic rings. The Morgan fingerprint density at radius 2 is 1.90 bits per heavy atom. The average molecular weight is 426 g/mol. The van der Waals surface area contributed by atoms with Gasteiger partial charge in [0.25, 0.3) is 0 Å². The molecule has 5 nitrogen and oxygen atoms in total. The van der Waals surface area contributed by atoms with Crippen molar-refractivity contribution in [2.45, 2.75) is 25.3 Å². The van der Waals surface area contributed by atoms with Crippen molar-refractivity contribution in [3.63, 3.8) is 0 Å². The summed E-state index contributed by atoms with van der Waals surface area (Å²) in [5.74, 6) is 0.0835. The maximum Gasteiger partial charge on any atom is 0.220 e. The zero-order chi connectivity index (χ0) is 20.8. The normalized spacial score (nSPS) is 15.9. The number of hydrogen-bond donors (Lipinski definition) is 2. The third kappa shape index (κ3) is 5.04. The summed E-state index contributed by atoms with van der Waals surface area (Å²) in [6.07, 6.45) is 4.27. The number of morpholine rings is 1. The lowest BCUT2D eigenvalue weighted by molar-refractivity contribution is -0.121. The van der Waals surface area contributed by atoms with E-state index in [1.165, 1.54) is 10.9 Å². The molecule has 4 rings (SSSR count). The Hall–Kier alpha value is -2.34. The van der Waals surface area contributed by atoms with Gasteiger partial charge in [0.05, 0.1) is 19.3 Å². The van der Waals surface area contributed by atoms with Crippen molar-refractivity contribution in [3.8, 4) is 0 Å². The van der Waals surface area contributed by atoms with Crippen molar-refractivity contribution in [2.24, 2.45) is 0 Å². The zero-order valence-corrected chi connectivity index (χ0v) is 17.8. The number of hydrogen-bond acceptors (Lipinski definition) is 3. The first-order valence-electron chi connectivity index (χ1n) is 10.6. The van der Waals surface area contributed by atoms with Gasteiger partial charge in [0.15, 0.2) is 0 Å². The van der Waals surface area contributed by atoms with Crippen LogP contribution in [-0.4, -0.2) is 48.6 Å². The lowest BCUT2D eigenvalue weighted by Crippen LogP contribution is -2.43. The molecule has 0 aliphatic carbocycles. The van der Waals surface area contributed by atoms with Crippen LogP contribution >= 0.6 is 11.6 Å². The van der Waals surface area contributed by atoms with Crippen molar-refractivity contribution >= 4 is 28.4 Å². The highest BCUT2D eigenvalue weighted by molar-refractivity contribution is 6.31. The molecule has 158 valence electrons. The lowest BCUT2D eigenvalue weighted by atomic mass is 10.0. The molecule has 1 fully saturated rings. The van der Waals surface area contributed by atoms with Crippen molar-refractivity contribution in [2.75, 3.05) is 32.8 Å². The first-order chi connectivity index (χ1) is 14.7. The van der Waals surface area contributed by atoms with Crippen LogP contribution in [0.3, 0.4) is 0 Å². The van der Waals surface area contributed by atoms with Crippen LogP contribution in [0.15, 0.2) is 54.7 Å². The van der Waals surface area contributed by atoms with Crippen molar-refractivity contribution < 1.29 is 9.53 Å². The molecule has 1 aromatic heterocycles. The van der Waals surface area contributed by atoms with Crippen molar-refractivity contribution in [1.29, 1.82) is 0 Å². The van der Waals surface area contributed by atoms with E-state index in [2.05, 4.69) is 33.5 Å². The van der Waals surface area contributed by atoms with Crippen molar-refractivity contribution in [3.05, 3.63) is 70.9 Å². The second-order valence-corrected chi connectivity index (χ2v) is 8.11. The largest absolute Gasteiger partial charge is 0.379 e.